The van der Waals surface area contributed by atoms with Gasteiger partial charge in [0.15, 0.2) is 0 Å². The molecule has 0 unspecified atom stereocenters. The van der Waals surface area contributed by atoms with Gasteiger partial charge in [0.1, 0.15) is 0 Å². The van der Waals surface area contributed by atoms with Crippen LogP contribution >= 0.6 is 0 Å². The lowest BCUT2D eigenvalue weighted by atomic mass is 9.86. The van der Waals surface area contributed by atoms with Crippen molar-refractivity contribution >= 4 is 0 Å². The van der Waals surface area contributed by atoms with Crippen molar-refractivity contribution in [3.63, 3.8) is 0 Å². The largest absolute Gasteiger partial charge is 0.378 e. The Balaban J connectivity index is 2.09. The van der Waals surface area contributed by atoms with E-state index >= 15 is 0 Å². The lowest BCUT2D eigenvalue weighted by molar-refractivity contribution is 0.0341. The first-order valence-electron chi connectivity index (χ1n) is 6.20. The van der Waals surface area contributed by atoms with Gasteiger partial charge < -0.3 is 10.1 Å². The molecule has 88 valence electrons. The number of nitrogens with one attached hydrogen (secondary N) is 1. The fourth-order valence-corrected chi connectivity index (χ4v) is 2.64. The minimum absolute atomic E-state index is 0.338. The molecule has 0 spiro atoms. The Morgan fingerprint density at radius 2 is 2.06 bits per heavy atom. The SMILES string of the molecule is CCO[C@@H](C)[C@@H]1CNC[C@H]1c1ccccc1. The molecule has 1 aromatic carbocycles. The van der Waals surface area contributed by atoms with Crippen molar-refractivity contribution in [2.45, 2.75) is 25.9 Å². The van der Waals surface area contributed by atoms with Gasteiger partial charge in [0, 0.05) is 31.5 Å². The van der Waals surface area contributed by atoms with E-state index in [9.17, 15) is 0 Å². The van der Waals surface area contributed by atoms with Gasteiger partial charge in [0.2, 0.25) is 0 Å². The van der Waals surface area contributed by atoms with Gasteiger partial charge in [-0.3, -0.25) is 0 Å². The first kappa shape index (κ1) is 11.6. The molecular weight excluding hydrogens is 198 g/mol. The van der Waals surface area contributed by atoms with Gasteiger partial charge in [0.25, 0.3) is 0 Å². The third-order valence-electron chi connectivity index (χ3n) is 3.52. The van der Waals surface area contributed by atoms with Crippen molar-refractivity contribution in [3.8, 4) is 0 Å². The van der Waals surface area contributed by atoms with Crippen LogP contribution in [-0.4, -0.2) is 25.8 Å². The fraction of sp³-hybridized carbons (Fsp3) is 0.571. The third-order valence-corrected chi connectivity index (χ3v) is 3.52. The normalized spacial score (nSPS) is 26.9. The van der Waals surface area contributed by atoms with Crippen LogP contribution in [0.1, 0.15) is 25.3 Å². The van der Waals surface area contributed by atoms with Gasteiger partial charge in [-0.25, -0.2) is 0 Å². The standard InChI is InChI=1S/C14H21NO/c1-3-16-11(2)13-9-15-10-14(13)12-7-5-4-6-8-12/h4-8,11,13-15H,3,9-10H2,1-2H3/t11-,13-,14-/m0/s1. The summed E-state index contributed by atoms with van der Waals surface area (Å²) in [5.41, 5.74) is 1.43. The predicted octanol–water partition coefficient (Wildman–Crippen LogP) is 2.41. The number of ether oxygens (including phenoxy) is 1. The highest BCUT2D eigenvalue weighted by molar-refractivity contribution is 5.22. The smallest absolute Gasteiger partial charge is 0.0593 e. The quantitative estimate of drug-likeness (QED) is 0.839. The summed E-state index contributed by atoms with van der Waals surface area (Å²) < 4.78 is 5.74. The summed E-state index contributed by atoms with van der Waals surface area (Å²) in [6.07, 6.45) is 0.338. The van der Waals surface area contributed by atoms with Crippen LogP contribution in [0.3, 0.4) is 0 Å². The maximum absolute atomic E-state index is 5.74. The zero-order valence-electron chi connectivity index (χ0n) is 10.1. The van der Waals surface area contributed by atoms with Crippen LogP contribution < -0.4 is 5.32 Å². The van der Waals surface area contributed by atoms with Crippen LogP contribution in [0.25, 0.3) is 0 Å². The Morgan fingerprint density at radius 1 is 1.31 bits per heavy atom. The topological polar surface area (TPSA) is 21.3 Å². The molecule has 1 aromatic rings. The van der Waals surface area contributed by atoms with E-state index in [0.29, 0.717) is 17.9 Å². The lowest BCUT2D eigenvalue weighted by Gasteiger charge is -2.25. The summed E-state index contributed by atoms with van der Waals surface area (Å²) >= 11 is 0. The summed E-state index contributed by atoms with van der Waals surface area (Å²) in [7, 11) is 0. The van der Waals surface area contributed by atoms with Crippen LogP contribution in [0.2, 0.25) is 0 Å². The highest BCUT2D eigenvalue weighted by Crippen LogP contribution is 2.31. The Hall–Kier alpha value is -0.860. The number of hydrogen-bond donors (Lipinski definition) is 1. The van der Waals surface area contributed by atoms with E-state index in [2.05, 4.69) is 49.5 Å². The molecule has 1 aliphatic rings. The van der Waals surface area contributed by atoms with Gasteiger partial charge in [-0.2, -0.15) is 0 Å². The van der Waals surface area contributed by atoms with Gasteiger partial charge in [0.05, 0.1) is 6.10 Å². The van der Waals surface area contributed by atoms with Crippen molar-refractivity contribution in [2.24, 2.45) is 5.92 Å². The first-order valence-corrected chi connectivity index (χ1v) is 6.20. The lowest BCUT2D eigenvalue weighted by Crippen LogP contribution is -2.26. The van der Waals surface area contributed by atoms with Crippen molar-refractivity contribution in [3.05, 3.63) is 35.9 Å². The minimum atomic E-state index is 0.338. The summed E-state index contributed by atoms with van der Waals surface area (Å²) in [6, 6.07) is 10.8. The van der Waals surface area contributed by atoms with Gasteiger partial charge in [-0.15, -0.1) is 0 Å². The molecule has 0 radical (unpaired) electrons. The van der Waals surface area contributed by atoms with E-state index in [1.165, 1.54) is 5.56 Å². The third kappa shape index (κ3) is 2.45. The maximum atomic E-state index is 5.74. The summed E-state index contributed by atoms with van der Waals surface area (Å²) in [5, 5.41) is 3.48. The molecule has 1 heterocycles. The Morgan fingerprint density at radius 3 is 2.75 bits per heavy atom. The molecule has 2 nitrogen and oxygen atoms in total. The van der Waals surface area contributed by atoms with Crippen LogP contribution in [0.5, 0.6) is 0 Å². The zero-order valence-corrected chi connectivity index (χ0v) is 10.1. The highest BCUT2D eigenvalue weighted by Gasteiger charge is 2.32. The van der Waals surface area contributed by atoms with Crippen LogP contribution in [0, 0.1) is 5.92 Å². The Bertz CT molecular complexity index is 312. The Kier molecular flexibility index (Phi) is 3.97. The zero-order chi connectivity index (χ0) is 11.4. The number of benzene rings is 1. The second kappa shape index (κ2) is 5.46. The molecule has 1 aliphatic heterocycles. The van der Waals surface area contributed by atoms with Crippen LogP contribution in [0.4, 0.5) is 0 Å². The molecule has 1 saturated heterocycles. The van der Waals surface area contributed by atoms with Gasteiger partial charge in [-0.1, -0.05) is 30.3 Å². The monoisotopic (exact) mass is 219 g/mol. The predicted molar refractivity (Wildman–Crippen MR) is 66.6 cm³/mol. The average Bonchev–Trinajstić information content (AvgIpc) is 2.79. The second-order valence-corrected chi connectivity index (χ2v) is 4.50. The van der Waals surface area contributed by atoms with Crippen molar-refractivity contribution in [1.29, 1.82) is 0 Å². The van der Waals surface area contributed by atoms with Crippen molar-refractivity contribution < 1.29 is 4.74 Å². The van der Waals surface area contributed by atoms with E-state index in [1.54, 1.807) is 0 Å². The molecule has 2 rings (SSSR count). The van der Waals surface area contributed by atoms with Crippen molar-refractivity contribution in [1.82, 2.24) is 5.32 Å². The van der Waals surface area contributed by atoms with E-state index in [1.807, 2.05) is 0 Å². The van der Waals surface area contributed by atoms with Crippen LogP contribution in [-0.2, 0) is 4.74 Å². The summed E-state index contributed by atoms with van der Waals surface area (Å²) in [6.45, 7) is 7.21. The van der Waals surface area contributed by atoms with Crippen molar-refractivity contribution in [2.75, 3.05) is 19.7 Å². The molecule has 16 heavy (non-hydrogen) atoms. The summed E-state index contributed by atoms with van der Waals surface area (Å²) in [5.74, 6) is 1.20. The second-order valence-electron chi connectivity index (χ2n) is 4.50. The van der Waals surface area contributed by atoms with E-state index in [-0.39, 0.29) is 0 Å². The average molecular weight is 219 g/mol. The summed E-state index contributed by atoms with van der Waals surface area (Å²) in [4.78, 5) is 0. The highest BCUT2D eigenvalue weighted by atomic mass is 16.5. The molecule has 1 fully saturated rings. The minimum Gasteiger partial charge on any atom is -0.378 e. The fourth-order valence-electron chi connectivity index (χ4n) is 2.64. The molecular formula is C14H21NO. The molecule has 3 atom stereocenters. The molecule has 2 heteroatoms. The van der Waals surface area contributed by atoms with Gasteiger partial charge >= 0.3 is 0 Å². The molecule has 1 N–H and O–H groups in total. The molecule has 0 bridgehead atoms. The maximum Gasteiger partial charge on any atom is 0.0593 e. The molecule has 0 amide bonds. The van der Waals surface area contributed by atoms with Gasteiger partial charge in [-0.05, 0) is 19.4 Å². The molecule has 0 saturated carbocycles. The molecule has 0 aliphatic carbocycles. The first-order chi connectivity index (χ1) is 7.83. The van der Waals surface area contributed by atoms with E-state index < -0.39 is 0 Å². The van der Waals surface area contributed by atoms with E-state index in [0.717, 1.165) is 19.7 Å². The molecule has 0 aromatic heterocycles. The Labute approximate surface area is 98.0 Å². The van der Waals surface area contributed by atoms with E-state index in [4.69, 9.17) is 4.74 Å². The number of rotatable bonds is 4. The number of hydrogen-bond acceptors (Lipinski definition) is 2. The van der Waals surface area contributed by atoms with Crippen LogP contribution in [0.15, 0.2) is 30.3 Å².